The van der Waals surface area contributed by atoms with Crippen LogP contribution in [0.15, 0.2) is 47.8 Å². The van der Waals surface area contributed by atoms with Gasteiger partial charge in [-0.3, -0.25) is 4.79 Å². The number of para-hydroxylation sites is 1. The normalized spacial score (nSPS) is 16.7. The number of hydrogen-bond acceptors (Lipinski definition) is 4. The van der Waals surface area contributed by atoms with Crippen LogP contribution in [0.2, 0.25) is 0 Å². The Morgan fingerprint density at radius 1 is 1.26 bits per heavy atom. The number of hydrogen-bond donors (Lipinski definition) is 1. The minimum atomic E-state index is -0.279. The lowest BCUT2D eigenvalue weighted by molar-refractivity contribution is -0.117. The van der Waals surface area contributed by atoms with E-state index in [-0.39, 0.29) is 11.8 Å². The van der Waals surface area contributed by atoms with Gasteiger partial charge in [0.25, 0.3) is 0 Å². The number of aromatic nitrogens is 2. The van der Waals surface area contributed by atoms with Gasteiger partial charge in [0, 0.05) is 23.7 Å². The molecule has 94 valence electrons. The summed E-state index contributed by atoms with van der Waals surface area (Å²) >= 11 is 0. The van der Waals surface area contributed by atoms with Gasteiger partial charge in [-0.15, -0.1) is 0 Å². The predicted octanol–water partition coefficient (Wildman–Crippen LogP) is 1.99. The van der Waals surface area contributed by atoms with Crippen LogP contribution >= 0.6 is 0 Å². The number of anilines is 1. The van der Waals surface area contributed by atoms with E-state index in [1.807, 2.05) is 30.3 Å². The van der Waals surface area contributed by atoms with Crippen molar-refractivity contribution in [3.8, 4) is 0 Å². The standard InChI is InChI=1S/C14H12N4O/c19-14(18-12-4-2-1-3-5-12)11-6-10-7-15-9-17-13(10)16-8-11/h1-5,7-9,11H,6H2,(H,18,19). The van der Waals surface area contributed by atoms with E-state index in [0.29, 0.717) is 12.2 Å². The van der Waals surface area contributed by atoms with Gasteiger partial charge < -0.3 is 5.32 Å². The molecular formula is C14H12N4O. The van der Waals surface area contributed by atoms with Crippen LogP contribution in [-0.2, 0) is 11.2 Å². The zero-order valence-corrected chi connectivity index (χ0v) is 10.2. The molecule has 3 rings (SSSR count). The van der Waals surface area contributed by atoms with E-state index in [0.717, 1.165) is 11.3 Å². The molecule has 1 amide bonds. The molecule has 1 aromatic heterocycles. The van der Waals surface area contributed by atoms with Gasteiger partial charge in [-0.25, -0.2) is 15.0 Å². The molecule has 0 bridgehead atoms. The van der Waals surface area contributed by atoms with Crippen molar-refractivity contribution >= 4 is 23.6 Å². The van der Waals surface area contributed by atoms with Gasteiger partial charge >= 0.3 is 0 Å². The summed E-state index contributed by atoms with van der Waals surface area (Å²) in [5.74, 6) is 0.307. The average molecular weight is 252 g/mol. The van der Waals surface area contributed by atoms with E-state index >= 15 is 0 Å². The number of benzene rings is 1. The van der Waals surface area contributed by atoms with Crippen LogP contribution in [0.3, 0.4) is 0 Å². The topological polar surface area (TPSA) is 67.2 Å². The van der Waals surface area contributed by atoms with Gasteiger partial charge in [0.2, 0.25) is 5.91 Å². The Morgan fingerprint density at radius 3 is 2.95 bits per heavy atom. The van der Waals surface area contributed by atoms with Crippen LogP contribution in [0.5, 0.6) is 0 Å². The monoisotopic (exact) mass is 252 g/mol. The highest BCUT2D eigenvalue weighted by Gasteiger charge is 2.22. The number of amides is 1. The van der Waals surface area contributed by atoms with E-state index in [1.165, 1.54) is 6.33 Å². The van der Waals surface area contributed by atoms with Gasteiger partial charge in [-0.1, -0.05) is 18.2 Å². The Hall–Kier alpha value is -2.56. The van der Waals surface area contributed by atoms with Gasteiger partial charge in [0.1, 0.15) is 6.33 Å². The van der Waals surface area contributed by atoms with Gasteiger partial charge in [-0.2, -0.15) is 0 Å². The number of nitrogens with one attached hydrogen (secondary N) is 1. The molecule has 1 aliphatic heterocycles. The van der Waals surface area contributed by atoms with E-state index < -0.39 is 0 Å². The summed E-state index contributed by atoms with van der Waals surface area (Å²) in [6.45, 7) is 0. The molecule has 2 heterocycles. The molecular weight excluding hydrogens is 240 g/mol. The average Bonchev–Trinajstić information content (AvgIpc) is 2.48. The fourth-order valence-electron chi connectivity index (χ4n) is 1.98. The molecule has 0 fully saturated rings. The fourth-order valence-corrected chi connectivity index (χ4v) is 1.98. The highest BCUT2D eigenvalue weighted by Crippen LogP contribution is 2.23. The van der Waals surface area contributed by atoms with E-state index in [4.69, 9.17) is 0 Å². The lowest BCUT2D eigenvalue weighted by Gasteiger charge is -2.16. The number of rotatable bonds is 2. The Labute approximate surface area is 110 Å². The first-order valence-corrected chi connectivity index (χ1v) is 6.02. The molecule has 0 saturated carbocycles. The minimum Gasteiger partial charge on any atom is -0.326 e. The molecule has 1 aliphatic rings. The SMILES string of the molecule is O=C(Nc1ccccc1)C1C=Nc2ncncc2C1. The number of carbonyl (C=O) groups excluding carboxylic acids is 1. The van der Waals surface area contributed by atoms with Crippen LogP contribution in [0, 0.1) is 5.92 Å². The van der Waals surface area contributed by atoms with Crippen molar-refractivity contribution in [2.75, 3.05) is 5.32 Å². The minimum absolute atomic E-state index is 0.0653. The molecule has 0 spiro atoms. The zero-order chi connectivity index (χ0) is 13.1. The summed E-state index contributed by atoms with van der Waals surface area (Å²) in [7, 11) is 0. The highest BCUT2D eigenvalue weighted by molar-refractivity contribution is 6.03. The molecule has 1 unspecified atom stereocenters. The summed E-state index contributed by atoms with van der Waals surface area (Å²) in [5.41, 5.74) is 1.69. The van der Waals surface area contributed by atoms with Crippen molar-refractivity contribution in [2.24, 2.45) is 10.9 Å². The molecule has 0 saturated heterocycles. The van der Waals surface area contributed by atoms with E-state index in [1.54, 1.807) is 12.4 Å². The van der Waals surface area contributed by atoms with Crippen molar-refractivity contribution in [1.82, 2.24) is 9.97 Å². The summed E-state index contributed by atoms with van der Waals surface area (Å²) < 4.78 is 0. The van der Waals surface area contributed by atoms with E-state index in [9.17, 15) is 4.79 Å². The third kappa shape index (κ3) is 2.49. The van der Waals surface area contributed by atoms with Crippen molar-refractivity contribution in [3.05, 3.63) is 48.4 Å². The lowest BCUT2D eigenvalue weighted by Crippen LogP contribution is -2.27. The highest BCUT2D eigenvalue weighted by atomic mass is 16.1. The van der Waals surface area contributed by atoms with Crippen molar-refractivity contribution in [1.29, 1.82) is 0 Å². The first-order chi connectivity index (χ1) is 9.33. The van der Waals surface area contributed by atoms with Crippen LogP contribution in [-0.4, -0.2) is 22.1 Å². The van der Waals surface area contributed by atoms with Gasteiger partial charge in [0.05, 0.1) is 5.92 Å². The first kappa shape index (κ1) is 11.5. The van der Waals surface area contributed by atoms with Gasteiger partial charge in [-0.05, 0) is 18.6 Å². The molecule has 1 aromatic carbocycles. The van der Waals surface area contributed by atoms with Gasteiger partial charge in [0.15, 0.2) is 5.82 Å². The maximum Gasteiger partial charge on any atom is 0.233 e. The van der Waals surface area contributed by atoms with Crippen molar-refractivity contribution in [2.45, 2.75) is 6.42 Å². The Morgan fingerprint density at radius 2 is 2.11 bits per heavy atom. The molecule has 0 aliphatic carbocycles. The zero-order valence-electron chi connectivity index (χ0n) is 10.2. The maximum absolute atomic E-state index is 12.1. The molecule has 1 N–H and O–H groups in total. The molecule has 0 radical (unpaired) electrons. The van der Waals surface area contributed by atoms with Crippen LogP contribution in [0.25, 0.3) is 0 Å². The van der Waals surface area contributed by atoms with Crippen LogP contribution in [0.1, 0.15) is 5.56 Å². The fraction of sp³-hybridized carbons (Fsp3) is 0.143. The lowest BCUT2D eigenvalue weighted by atomic mass is 9.98. The largest absolute Gasteiger partial charge is 0.326 e. The molecule has 5 heteroatoms. The summed E-state index contributed by atoms with van der Waals surface area (Å²) in [5, 5.41) is 2.87. The number of nitrogens with zero attached hydrogens (tertiary/aromatic N) is 3. The van der Waals surface area contributed by atoms with Crippen LogP contribution < -0.4 is 5.32 Å². The summed E-state index contributed by atoms with van der Waals surface area (Å²) in [6, 6.07) is 9.39. The molecule has 2 aromatic rings. The summed E-state index contributed by atoms with van der Waals surface area (Å²) in [4.78, 5) is 24.3. The summed E-state index contributed by atoms with van der Waals surface area (Å²) in [6.07, 6.45) is 5.40. The Bertz CT molecular complexity index is 624. The third-order valence-electron chi connectivity index (χ3n) is 2.96. The van der Waals surface area contributed by atoms with Crippen LogP contribution in [0.4, 0.5) is 11.5 Å². The Balaban J connectivity index is 1.73. The second kappa shape index (κ2) is 4.97. The molecule has 5 nitrogen and oxygen atoms in total. The number of aliphatic imine (C=N–C) groups is 1. The quantitative estimate of drug-likeness (QED) is 0.888. The van der Waals surface area contributed by atoms with Crippen molar-refractivity contribution < 1.29 is 4.79 Å². The first-order valence-electron chi connectivity index (χ1n) is 6.02. The van der Waals surface area contributed by atoms with E-state index in [2.05, 4.69) is 20.3 Å². The second-order valence-corrected chi connectivity index (χ2v) is 4.32. The number of fused-ring (bicyclic) bond motifs is 1. The number of carbonyl (C=O) groups is 1. The predicted molar refractivity (Wildman–Crippen MR) is 72.4 cm³/mol. The maximum atomic E-state index is 12.1. The second-order valence-electron chi connectivity index (χ2n) is 4.32. The Kier molecular flexibility index (Phi) is 3.02. The molecule has 19 heavy (non-hydrogen) atoms. The smallest absolute Gasteiger partial charge is 0.233 e. The molecule has 1 atom stereocenters. The third-order valence-corrected chi connectivity index (χ3v) is 2.96. The van der Waals surface area contributed by atoms with Crippen molar-refractivity contribution in [3.63, 3.8) is 0 Å².